The van der Waals surface area contributed by atoms with Crippen molar-refractivity contribution in [2.24, 2.45) is 0 Å². The number of H-pyrrole nitrogens is 1. The van der Waals surface area contributed by atoms with Crippen LogP contribution in [0.1, 0.15) is 45.1 Å². The molecule has 0 aliphatic heterocycles. The minimum Gasteiger partial charge on any atom is -0.426 e. The maximum atomic E-state index is 6.21. The van der Waals surface area contributed by atoms with E-state index in [9.17, 15) is 0 Å². The summed E-state index contributed by atoms with van der Waals surface area (Å²) in [6.45, 7) is 6.65. The lowest BCUT2D eigenvalue weighted by Gasteiger charge is -2.18. The van der Waals surface area contributed by atoms with E-state index in [-0.39, 0.29) is 0 Å². The molecule has 146 valence electrons. The molecule has 0 atom stereocenters. The van der Waals surface area contributed by atoms with Crippen LogP contribution in [-0.4, -0.2) is 43.7 Å². The fraction of sp³-hybridized carbons (Fsp3) is 0.600. The van der Waals surface area contributed by atoms with E-state index in [1.807, 2.05) is 12.1 Å². The molecule has 26 heavy (non-hydrogen) atoms. The molecule has 1 N–H and O–H groups in total. The average Bonchev–Trinajstić information content (AvgIpc) is 3.04. The van der Waals surface area contributed by atoms with Gasteiger partial charge in [0.25, 0.3) is 0 Å². The lowest BCUT2D eigenvalue weighted by Crippen LogP contribution is -2.14. The average molecular weight is 380 g/mol. The first-order chi connectivity index (χ1) is 12.7. The summed E-state index contributed by atoms with van der Waals surface area (Å²) in [6, 6.07) is 6.10. The summed E-state index contributed by atoms with van der Waals surface area (Å²) in [7, 11) is 2.81. The Labute approximate surface area is 159 Å². The standard InChI is InChI=1S/C20H33N2O3P/c1-5-7-14-23-26(24-15-8-6-2)25-19-11-9-10-18-20(19)17(16-21-18)12-13-22(3)4/h9-11,16,21H,5-8,12-15H2,1-4H3. The summed E-state index contributed by atoms with van der Waals surface area (Å²) in [6.07, 6.45) is 7.28. The van der Waals surface area contributed by atoms with E-state index in [0.717, 1.165) is 55.3 Å². The van der Waals surface area contributed by atoms with Crippen molar-refractivity contribution < 1.29 is 13.6 Å². The monoisotopic (exact) mass is 380 g/mol. The highest BCUT2D eigenvalue weighted by molar-refractivity contribution is 7.42. The van der Waals surface area contributed by atoms with Crippen LogP contribution in [0, 0.1) is 0 Å². The Morgan fingerprint density at radius 3 is 2.35 bits per heavy atom. The maximum absolute atomic E-state index is 6.21. The third kappa shape index (κ3) is 6.55. The lowest BCUT2D eigenvalue weighted by molar-refractivity contribution is 0.201. The molecule has 0 spiro atoms. The number of hydrogen-bond donors (Lipinski definition) is 1. The van der Waals surface area contributed by atoms with Gasteiger partial charge in [0.05, 0.1) is 13.2 Å². The van der Waals surface area contributed by atoms with Gasteiger partial charge in [0.2, 0.25) is 0 Å². The molecule has 0 saturated carbocycles. The summed E-state index contributed by atoms with van der Waals surface area (Å²) >= 11 is 0. The molecule has 1 aromatic heterocycles. The van der Waals surface area contributed by atoms with Gasteiger partial charge < -0.3 is 23.5 Å². The van der Waals surface area contributed by atoms with Crippen molar-refractivity contribution in [3.8, 4) is 5.75 Å². The van der Waals surface area contributed by atoms with Crippen molar-refractivity contribution in [1.29, 1.82) is 0 Å². The van der Waals surface area contributed by atoms with Gasteiger partial charge in [0.1, 0.15) is 5.75 Å². The van der Waals surface area contributed by atoms with Crippen molar-refractivity contribution in [2.45, 2.75) is 46.0 Å². The molecule has 0 bridgehead atoms. The van der Waals surface area contributed by atoms with Crippen molar-refractivity contribution in [1.82, 2.24) is 9.88 Å². The number of rotatable bonds is 13. The van der Waals surface area contributed by atoms with Gasteiger partial charge >= 0.3 is 8.60 Å². The van der Waals surface area contributed by atoms with E-state index >= 15 is 0 Å². The van der Waals surface area contributed by atoms with Crippen LogP contribution in [0.5, 0.6) is 5.75 Å². The van der Waals surface area contributed by atoms with Gasteiger partial charge in [-0.1, -0.05) is 32.8 Å². The second-order valence-corrected chi connectivity index (χ2v) is 7.88. The van der Waals surface area contributed by atoms with Crippen LogP contribution in [0.3, 0.4) is 0 Å². The molecule has 0 saturated heterocycles. The smallest absolute Gasteiger partial charge is 0.397 e. The Kier molecular flexibility index (Phi) is 9.41. The number of likely N-dealkylation sites (N-methyl/N-ethyl adjacent to an activating group) is 1. The van der Waals surface area contributed by atoms with Crippen molar-refractivity contribution in [3.05, 3.63) is 30.0 Å². The Morgan fingerprint density at radius 2 is 1.73 bits per heavy atom. The van der Waals surface area contributed by atoms with Gasteiger partial charge in [-0.25, -0.2) is 0 Å². The molecule has 0 aliphatic carbocycles. The lowest BCUT2D eigenvalue weighted by atomic mass is 10.1. The molecule has 1 heterocycles. The fourth-order valence-electron chi connectivity index (χ4n) is 2.57. The summed E-state index contributed by atoms with van der Waals surface area (Å²) in [5, 5.41) is 1.14. The largest absolute Gasteiger partial charge is 0.426 e. The second kappa shape index (κ2) is 11.6. The first-order valence-corrected chi connectivity index (χ1v) is 10.7. The number of hydrogen-bond acceptors (Lipinski definition) is 4. The maximum Gasteiger partial charge on any atom is 0.397 e. The van der Waals surface area contributed by atoms with Crippen LogP contribution >= 0.6 is 8.60 Å². The van der Waals surface area contributed by atoms with E-state index in [0.29, 0.717) is 13.2 Å². The molecule has 6 heteroatoms. The van der Waals surface area contributed by atoms with Crippen LogP contribution < -0.4 is 4.52 Å². The summed E-state index contributed by atoms with van der Waals surface area (Å²) in [5.74, 6) is 0.844. The highest BCUT2D eigenvalue weighted by atomic mass is 31.2. The van der Waals surface area contributed by atoms with E-state index in [4.69, 9.17) is 13.6 Å². The summed E-state index contributed by atoms with van der Waals surface area (Å²) in [4.78, 5) is 5.55. The molecule has 0 unspecified atom stereocenters. The second-order valence-electron chi connectivity index (χ2n) is 6.73. The van der Waals surface area contributed by atoms with Gasteiger partial charge in [-0.15, -0.1) is 0 Å². The van der Waals surface area contributed by atoms with E-state index in [1.165, 1.54) is 5.56 Å². The topological polar surface area (TPSA) is 46.7 Å². The van der Waals surface area contributed by atoms with Gasteiger partial charge in [-0.05, 0) is 51.1 Å². The van der Waals surface area contributed by atoms with Gasteiger partial charge in [0.15, 0.2) is 0 Å². The van der Waals surface area contributed by atoms with Gasteiger partial charge in [-0.2, -0.15) is 0 Å². The first-order valence-electron chi connectivity index (χ1n) is 9.63. The molecule has 0 amide bonds. The van der Waals surface area contributed by atoms with Crippen LogP contribution in [0.25, 0.3) is 10.9 Å². The number of unbranched alkanes of at least 4 members (excludes halogenated alkanes) is 2. The fourth-order valence-corrected chi connectivity index (χ4v) is 3.62. The summed E-state index contributed by atoms with van der Waals surface area (Å²) < 4.78 is 18.0. The van der Waals surface area contributed by atoms with Crippen LogP contribution in [0.15, 0.2) is 24.4 Å². The zero-order valence-corrected chi connectivity index (χ0v) is 17.5. The van der Waals surface area contributed by atoms with E-state index in [1.54, 1.807) is 0 Å². The molecule has 2 aromatic rings. The minimum atomic E-state index is -1.37. The number of fused-ring (bicyclic) bond motifs is 1. The molecule has 2 rings (SSSR count). The predicted octanol–water partition coefficient (Wildman–Crippen LogP) is 5.51. The third-order valence-corrected chi connectivity index (χ3v) is 5.27. The molecule has 0 fully saturated rings. The van der Waals surface area contributed by atoms with E-state index < -0.39 is 8.60 Å². The SMILES string of the molecule is CCCCOP(OCCCC)Oc1cccc2[nH]cc(CCN(C)C)c12. The first kappa shape index (κ1) is 21.2. The number of aromatic nitrogens is 1. The molecule has 0 aliphatic rings. The number of aromatic amines is 1. The highest BCUT2D eigenvalue weighted by Gasteiger charge is 2.18. The quantitative estimate of drug-likeness (QED) is 0.368. The van der Waals surface area contributed by atoms with Crippen LogP contribution in [-0.2, 0) is 15.5 Å². The van der Waals surface area contributed by atoms with Crippen molar-refractivity contribution in [3.63, 3.8) is 0 Å². The van der Waals surface area contributed by atoms with E-state index in [2.05, 4.69) is 50.1 Å². The van der Waals surface area contributed by atoms with Crippen molar-refractivity contribution in [2.75, 3.05) is 33.9 Å². The Morgan fingerprint density at radius 1 is 1.04 bits per heavy atom. The number of nitrogens with one attached hydrogen (secondary N) is 1. The number of benzene rings is 1. The highest BCUT2D eigenvalue weighted by Crippen LogP contribution is 2.44. The number of nitrogens with zero attached hydrogens (tertiary/aromatic N) is 1. The Hall–Kier alpha value is -1.13. The normalized spacial score (nSPS) is 11.8. The minimum absolute atomic E-state index is 0.672. The molecular weight excluding hydrogens is 347 g/mol. The van der Waals surface area contributed by atoms with Crippen LogP contribution in [0.4, 0.5) is 0 Å². The van der Waals surface area contributed by atoms with Gasteiger partial charge in [0, 0.05) is 23.6 Å². The molecule has 1 aromatic carbocycles. The van der Waals surface area contributed by atoms with Crippen molar-refractivity contribution >= 4 is 19.5 Å². The third-order valence-electron chi connectivity index (χ3n) is 4.14. The van der Waals surface area contributed by atoms with Crippen LogP contribution in [0.2, 0.25) is 0 Å². The summed E-state index contributed by atoms with van der Waals surface area (Å²) in [5.41, 5.74) is 2.36. The molecular formula is C20H33N2O3P. The Bertz CT molecular complexity index is 635. The van der Waals surface area contributed by atoms with Gasteiger partial charge in [-0.3, -0.25) is 0 Å². The predicted molar refractivity (Wildman–Crippen MR) is 110 cm³/mol. The Balaban J connectivity index is 2.14. The molecule has 0 radical (unpaired) electrons. The zero-order valence-electron chi connectivity index (χ0n) is 16.6. The molecule has 5 nitrogen and oxygen atoms in total. The zero-order chi connectivity index (χ0) is 18.8.